The maximum Gasteiger partial charge on any atom is 0.170 e. The third-order valence-corrected chi connectivity index (χ3v) is 3.85. The molecule has 3 rings (SSSR count). The molecule has 1 N–H and O–H groups in total. The number of carbonyl (C=O) groups excluding carboxylic acids is 1. The Kier molecular flexibility index (Phi) is 6.21. The van der Waals surface area contributed by atoms with E-state index in [1.807, 2.05) is 32.0 Å². The first-order valence-corrected chi connectivity index (χ1v) is 8.30. The maximum absolute atomic E-state index is 11.9. The number of ketones is 1. The fourth-order valence-corrected chi connectivity index (χ4v) is 2.74. The molecule has 2 aromatic rings. The first-order valence-electron chi connectivity index (χ1n) is 8.30. The molecule has 122 valence electrons. The molecular weight excluding hydrogens is 288 g/mol. The van der Waals surface area contributed by atoms with Crippen molar-refractivity contribution in [3.63, 3.8) is 0 Å². The van der Waals surface area contributed by atoms with Crippen LogP contribution in [0.15, 0.2) is 42.5 Å². The van der Waals surface area contributed by atoms with E-state index in [0.29, 0.717) is 30.8 Å². The molecule has 23 heavy (non-hydrogen) atoms. The lowest BCUT2D eigenvalue weighted by atomic mass is 9.96. The number of aromatic hydroxyl groups is 1. The number of aryl methyl sites for hydroxylation is 1. The zero-order valence-electron chi connectivity index (χ0n) is 13.8. The van der Waals surface area contributed by atoms with Crippen molar-refractivity contribution in [3.8, 4) is 11.5 Å². The van der Waals surface area contributed by atoms with Gasteiger partial charge in [0.15, 0.2) is 5.78 Å². The Morgan fingerprint density at radius 3 is 2.52 bits per heavy atom. The molecule has 3 nitrogen and oxygen atoms in total. The Hall–Kier alpha value is -2.29. The van der Waals surface area contributed by atoms with Gasteiger partial charge in [-0.1, -0.05) is 44.2 Å². The van der Waals surface area contributed by atoms with Crippen molar-refractivity contribution >= 4 is 5.78 Å². The van der Waals surface area contributed by atoms with Crippen molar-refractivity contribution in [2.75, 3.05) is 6.61 Å². The molecule has 1 heterocycles. The number of hydrogen-bond donors (Lipinski definition) is 1. The minimum atomic E-state index is 0.0977. The number of hydrogen-bond acceptors (Lipinski definition) is 3. The van der Waals surface area contributed by atoms with Gasteiger partial charge in [-0.2, -0.15) is 0 Å². The minimum Gasteiger partial charge on any atom is -0.508 e. The van der Waals surface area contributed by atoms with Crippen LogP contribution in [0.1, 0.15) is 48.2 Å². The molecule has 1 aliphatic rings. The van der Waals surface area contributed by atoms with Crippen LogP contribution in [-0.4, -0.2) is 17.5 Å². The zero-order chi connectivity index (χ0) is 16.7. The summed E-state index contributed by atoms with van der Waals surface area (Å²) in [7, 11) is 0. The number of fused-ring (bicyclic) bond motifs is 1. The van der Waals surface area contributed by atoms with Gasteiger partial charge in [-0.15, -0.1) is 0 Å². The average molecular weight is 312 g/mol. The standard InChI is InChI=1S/C18H18O3.C2H6/c19-16-10-9-15-17(20)11-12-21-18(15)14(16)8-4-7-13-5-2-1-3-6-13;1-2/h1-3,5-6,9-10,19H,4,7-8,11-12H2;1-2H3. The van der Waals surface area contributed by atoms with E-state index in [1.54, 1.807) is 12.1 Å². The van der Waals surface area contributed by atoms with E-state index in [4.69, 9.17) is 4.74 Å². The molecule has 0 atom stereocenters. The van der Waals surface area contributed by atoms with E-state index >= 15 is 0 Å². The lowest BCUT2D eigenvalue weighted by Gasteiger charge is -2.20. The maximum atomic E-state index is 11.9. The summed E-state index contributed by atoms with van der Waals surface area (Å²) in [5.41, 5.74) is 2.64. The number of ether oxygens (including phenoxy) is 1. The first kappa shape index (κ1) is 17.1. The van der Waals surface area contributed by atoms with E-state index < -0.39 is 0 Å². The highest BCUT2D eigenvalue weighted by Gasteiger charge is 2.23. The second-order valence-electron chi connectivity index (χ2n) is 5.30. The molecule has 0 radical (unpaired) electrons. The van der Waals surface area contributed by atoms with Gasteiger partial charge in [-0.3, -0.25) is 4.79 Å². The van der Waals surface area contributed by atoms with E-state index in [2.05, 4.69) is 12.1 Å². The van der Waals surface area contributed by atoms with Crippen LogP contribution in [0.5, 0.6) is 11.5 Å². The predicted octanol–water partition coefficient (Wildman–Crippen LogP) is 4.56. The summed E-state index contributed by atoms with van der Waals surface area (Å²) in [6, 6.07) is 13.5. The summed E-state index contributed by atoms with van der Waals surface area (Å²) in [6.45, 7) is 4.40. The molecule has 0 fully saturated rings. The smallest absolute Gasteiger partial charge is 0.170 e. The van der Waals surface area contributed by atoms with Crippen molar-refractivity contribution < 1.29 is 14.6 Å². The topological polar surface area (TPSA) is 46.5 Å². The molecule has 3 heteroatoms. The van der Waals surface area contributed by atoms with Crippen LogP contribution in [-0.2, 0) is 12.8 Å². The fourth-order valence-electron chi connectivity index (χ4n) is 2.74. The molecule has 1 aliphatic heterocycles. The summed E-state index contributed by atoms with van der Waals surface area (Å²) in [5.74, 6) is 0.899. The summed E-state index contributed by atoms with van der Waals surface area (Å²) >= 11 is 0. The van der Waals surface area contributed by atoms with Gasteiger partial charge in [0, 0.05) is 12.0 Å². The number of benzene rings is 2. The summed E-state index contributed by atoms with van der Waals surface area (Å²) in [6.07, 6.45) is 2.97. The molecule has 0 saturated heterocycles. The fraction of sp³-hybridized carbons (Fsp3) is 0.350. The molecule has 0 aromatic heterocycles. The zero-order valence-corrected chi connectivity index (χ0v) is 13.8. The number of phenolic OH excluding ortho intramolecular Hbond substituents is 1. The van der Waals surface area contributed by atoms with Gasteiger partial charge in [0.25, 0.3) is 0 Å². The quantitative estimate of drug-likeness (QED) is 0.900. The third-order valence-electron chi connectivity index (χ3n) is 3.85. The van der Waals surface area contributed by atoms with Gasteiger partial charge in [-0.05, 0) is 37.0 Å². The highest BCUT2D eigenvalue weighted by atomic mass is 16.5. The number of Topliss-reactive ketones (excluding diaryl/α,β-unsaturated/α-hetero) is 1. The van der Waals surface area contributed by atoms with Crippen LogP contribution in [0, 0.1) is 0 Å². The van der Waals surface area contributed by atoms with Crippen molar-refractivity contribution in [3.05, 3.63) is 59.2 Å². The number of rotatable bonds is 4. The molecule has 0 saturated carbocycles. The monoisotopic (exact) mass is 312 g/mol. The molecule has 0 spiro atoms. The van der Waals surface area contributed by atoms with Crippen molar-refractivity contribution in [1.82, 2.24) is 0 Å². The average Bonchev–Trinajstić information content (AvgIpc) is 2.60. The van der Waals surface area contributed by atoms with Crippen LogP contribution < -0.4 is 4.74 Å². The number of carbonyl (C=O) groups is 1. The third kappa shape index (κ3) is 4.13. The van der Waals surface area contributed by atoms with E-state index in [1.165, 1.54) is 5.56 Å². The molecule has 0 amide bonds. The van der Waals surface area contributed by atoms with E-state index in [-0.39, 0.29) is 11.5 Å². The van der Waals surface area contributed by atoms with Gasteiger partial charge < -0.3 is 9.84 Å². The lowest BCUT2D eigenvalue weighted by molar-refractivity contribution is 0.0932. The second kappa shape index (κ2) is 8.37. The molecule has 0 aliphatic carbocycles. The predicted molar refractivity (Wildman–Crippen MR) is 92.4 cm³/mol. The largest absolute Gasteiger partial charge is 0.508 e. The van der Waals surface area contributed by atoms with Crippen LogP contribution in [0.3, 0.4) is 0 Å². The lowest BCUT2D eigenvalue weighted by Crippen LogP contribution is -2.16. The van der Waals surface area contributed by atoms with Crippen molar-refractivity contribution in [1.29, 1.82) is 0 Å². The van der Waals surface area contributed by atoms with Gasteiger partial charge in [0.2, 0.25) is 0 Å². The first-order chi connectivity index (χ1) is 11.3. The molecule has 0 unspecified atom stereocenters. The highest BCUT2D eigenvalue weighted by molar-refractivity contribution is 6.00. The van der Waals surface area contributed by atoms with Crippen molar-refractivity contribution in [2.45, 2.75) is 39.5 Å². The van der Waals surface area contributed by atoms with Crippen LogP contribution >= 0.6 is 0 Å². The van der Waals surface area contributed by atoms with Gasteiger partial charge in [0.05, 0.1) is 12.2 Å². The Morgan fingerprint density at radius 1 is 1.04 bits per heavy atom. The normalized spacial score (nSPS) is 12.7. The summed E-state index contributed by atoms with van der Waals surface area (Å²) in [5, 5.41) is 10.1. The number of phenols is 1. The Bertz CT molecular complexity index is 647. The SMILES string of the molecule is CC.O=C1CCOc2c1ccc(O)c2CCCc1ccccc1. The molecule has 0 bridgehead atoms. The van der Waals surface area contributed by atoms with E-state index in [9.17, 15) is 9.90 Å². The Labute approximate surface area is 137 Å². The molecular formula is C20H24O3. The van der Waals surface area contributed by atoms with Crippen LogP contribution in [0.25, 0.3) is 0 Å². The van der Waals surface area contributed by atoms with Gasteiger partial charge in [-0.25, -0.2) is 0 Å². The molecule has 2 aromatic carbocycles. The summed E-state index contributed by atoms with van der Waals surface area (Å²) in [4.78, 5) is 11.9. The highest BCUT2D eigenvalue weighted by Crippen LogP contribution is 2.35. The van der Waals surface area contributed by atoms with Gasteiger partial charge in [0.1, 0.15) is 11.5 Å². The summed E-state index contributed by atoms with van der Waals surface area (Å²) < 4.78 is 5.63. The Balaban J connectivity index is 0.000000924. The van der Waals surface area contributed by atoms with Crippen LogP contribution in [0.4, 0.5) is 0 Å². The van der Waals surface area contributed by atoms with Crippen molar-refractivity contribution in [2.24, 2.45) is 0 Å². The Morgan fingerprint density at radius 2 is 1.78 bits per heavy atom. The van der Waals surface area contributed by atoms with Gasteiger partial charge >= 0.3 is 0 Å². The van der Waals surface area contributed by atoms with E-state index in [0.717, 1.165) is 18.4 Å². The minimum absolute atomic E-state index is 0.0977. The second-order valence-corrected chi connectivity index (χ2v) is 5.30. The van der Waals surface area contributed by atoms with Crippen LogP contribution in [0.2, 0.25) is 0 Å².